The summed E-state index contributed by atoms with van der Waals surface area (Å²) in [5.41, 5.74) is 0.497. The minimum absolute atomic E-state index is 0.0235. The summed E-state index contributed by atoms with van der Waals surface area (Å²) < 4.78 is 4.96. The Hall–Kier alpha value is -2.48. The third kappa shape index (κ3) is 3.65. The summed E-state index contributed by atoms with van der Waals surface area (Å²) in [4.78, 5) is 25.0. The molecule has 0 unspecified atom stereocenters. The third-order valence-corrected chi connectivity index (χ3v) is 3.87. The van der Waals surface area contributed by atoms with Gasteiger partial charge in [-0.25, -0.2) is 9.97 Å². The molecule has 1 aliphatic heterocycles. The molecular formula is C15H20N6O2. The van der Waals surface area contributed by atoms with Gasteiger partial charge >= 0.3 is 0 Å². The Bertz CT molecular complexity index is 661. The summed E-state index contributed by atoms with van der Waals surface area (Å²) in [6.07, 6.45) is 3.08. The molecular weight excluding hydrogens is 296 g/mol. The van der Waals surface area contributed by atoms with Gasteiger partial charge in [-0.3, -0.25) is 4.79 Å². The molecule has 0 spiro atoms. The van der Waals surface area contributed by atoms with E-state index in [0.717, 1.165) is 32.7 Å². The number of rotatable bonds is 4. The van der Waals surface area contributed by atoms with Crippen molar-refractivity contribution in [2.45, 2.75) is 13.8 Å². The van der Waals surface area contributed by atoms with Crippen LogP contribution in [0.15, 0.2) is 23.0 Å². The van der Waals surface area contributed by atoms with Crippen LogP contribution in [0.3, 0.4) is 0 Å². The van der Waals surface area contributed by atoms with Crippen LogP contribution in [0.4, 0.5) is 11.8 Å². The molecule has 0 atom stereocenters. The van der Waals surface area contributed by atoms with Crippen molar-refractivity contribution >= 4 is 17.7 Å². The Morgan fingerprint density at radius 3 is 2.52 bits per heavy atom. The van der Waals surface area contributed by atoms with Gasteiger partial charge in [-0.15, -0.1) is 0 Å². The van der Waals surface area contributed by atoms with E-state index in [1.54, 1.807) is 13.0 Å². The number of carbonyl (C=O) groups is 1. The first-order valence-corrected chi connectivity index (χ1v) is 7.69. The normalized spacial score (nSPS) is 15.7. The van der Waals surface area contributed by atoms with Gasteiger partial charge in [0.1, 0.15) is 5.76 Å². The van der Waals surface area contributed by atoms with Crippen LogP contribution >= 0.6 is 0 Å². The number of hydrogen-bond acceptors (Lipinski definition) is 7. The van der Waals surface area contributed by atoms with E-state index >= 15 is 0 Å². The zero-order valence-electron chi connectivity index (χ0n) is 13.3. The highest BCUT2D eigenvalue weighted by Gasteiger charge is 2.21. The van der Waals surface area contributed by atoms with Crippen LogP contribution in [0.1, 0.15) is 23.0 Å². The van der Waals surface area contributed by atoms with E-state index in [1.165, 1.54) is 12.4 Å². The predicted molar refractivity (Wildman–Crippen MR) is 84.6 cm³/mol. The average molecular weight is 316 g/mol. The van der Waals surface area contributed by atoms with Crippen molar-refractivity contribution < 1.29 is 9.32 Å². The Morgan fingerprint density at radius 1 is 1.26 bits per heavy atom. The van der Waals surface area contributed by atoms with Gasteiger partial charge < -0.3 is 19.6 Å². The van der Waals surface area contributed by atoms with Gasteiger partial charge in [0.2, 0.25) is 5.95 Å². The number of hydrogen-bond donors (Lipinski definition) is 1. The summed E-state index contributed by atoms with van der Waals surface area (Å²) in [6, 6.07) is 1.75. The number of aromatic nitrogens is 3. The lowest BCUT2D eigenvalue weighted by Crippen LogP contribution is -2.48. The summed E-state index contributed by atoms with van der Waals surface area (Å²) >= 11 is 0. The topological polar surface area (TPSA) is 87.4 Å². The molecule has 2 aromatic rings. The van der Waals surface area contributed by atoms with E-state index < -0.39 is 0 Å². The number of nitrogens with one attached hydrogen (secondary N) is 1. The van der Waals surface area contributed by atoms with Gasteiger partial charge in [-0.1, -0.05) is 12.1 Å². The number of likely N-dealkylation sites (N-methyl/N-ethyl adjacent to an activating group) is 1. The molecule has 1 saturated heterocycles. The monoisotopic (exact) mass is 316 g/mol. The molecule has 3 heterocycles. The van der Waals surface area contributed by atoms with Crippen molar-refractivity contribution in [3.8, 4) is 0 Å². The van der Waals surface area contributed by atoms with Gasteiger partial charge in [-0.2, -0.15) is 0 Å². The zero-order valence-corrected chi connectivity index (χ0v) is 13.3. The molecule has 122 valence electrons. The Labute approximate surface area is 134 Å². The first-order valence-electron chi connectivity index (χ1n) is 7.69. The maximum atomic E-state index is 12.4. The van der Waals surface area contributed by atoms with Crippen molar-refractivity contribution in [3.05, 3.63) is 29.8 Å². The van der Waals surface area contributed by atoms with Gasteiger partial charge in [0.15, 0.2) is 5.82 Å². The number of piperazine rings is 1. The number of aryl methyl sites for hydroxylation is 1. The zero-order chi connectivity index (χ0) is 16.2. The molecule has 0 aromatic carbocycles. The lowest BCUT2D eigenvalue weighted by molar-refractivity contribution is 0.0642. The average Bonchev–Trinajstić information content (AvgIpc) is 3.00. The van der Waals surface area contributed by atoms with Crippen molar-refractivity contribution in [2.24, 2.45) is 0 Å². The van der Waals surface area contributed by atoms with Gasteiger partial charge in [0.05, 0.1) is 5.56 Å². The Kier molecular flexibility index (Phi) is 4.52. The van der Waals surface area contributed by atoms with E-state index in [1.807, 2.05) is 4.90 Å². The highest BCUT2D eigenvalue weighted by Crippen LogP contribution is 2.13. The molecule has 1 aliphatic rings. The molecule has 1 N–H and O–H groups in total. The fourth-order valence-corrected chi connectivity index (χ4v) is 2.49. The smallest absolute Gasteiger partial charge is 0.257 e. The SMILES string of the molecule is CCN1CCN(C(=O)c2cnc(Nc3cc(C)on3)nc2)CC1. The number of amides is 1. The van der Waals surface area contributed by atoms with Gasteiger partial charge in [-0.05, 0) is 13.5 Å². The highest BCUT2D eigenvalue weighted by atomic mass is 16.5. The second kappa shape index (κ2) is 6.74. The molecule has 2 aromatic heterocycles. The van der Waals surface area contributed by atoms with Crippen molar-refractivity contribution in [2.75, 3.05) is 38.0 Å². The van der Waals surface area contributed by atoms with Crippen molar-refractivity contribution in [1.29, 1.82) is 0 Å². The van der Waals surface area contributed by atoms with Crippen LogP contribution in [-0.2, 0) is 0 Å². The molecule has 0 saturated carbocycles. The predicted octanol–water partition coefficient (Wildman–Crippen LogP) is 1.29. The van der Waals surface area contributed by atoms with Crippen LogP contribution in [0.25, 0.3) is 0 Å². The molecule has 23 heavy (non-hydrogen) atoms. The quantitative estimate of drug-likeness (QED) is 0.909. The Balaban J connectivity index is 1.61. The van der Waals surface area contributed by atoms with Crippen LogP contribution in [0.2, 0.25) is 0 Å². The third-order valence-electron chi connectivity index (χ3n) is 3.87. The maximum absolute atomic E-state index is 12.4. The standard InChI is InChI=1S/C15H20N6O2/c1-3-20-4-6-21(7-5-20)14(22)12-9-16-15(17-10-12)18-13-8-11(2)23-19-13/h8-10H,3-7H2,1-2H3,(H,16,17,18,19). The summed E-state index contributed by atoms with van der Waals surface area (Å²) in [5.74, 6) is 1.60. The van der Waals surface area contributed by atoms with Crippen LogP contribution < -0.4 is 5.32 Å². The molecule has 0 bridgehead atoms. The summed E-state index contributed by atoms with van der Waals surface area (Å²) in [5, 5.41) is 6.74. The number of carbonyl (C=O) groups excluding carboxylic acids is 1. The molecule has 0 radical (unpaired) electrons. The molecule has 1 amide bonds. The fourth-order valence-electron chi connectivity index (χ4n) is 2.49. The minimum atomic E-state index is -0.0235. The second-order valence-electron chi connectivity index (χ2n) is 5.47. The van der Waals surface area contributed by atoms with E-state index in [0.29, 0.717) is 23.1 Å². The lowest BCUT2D eigenvalue weighted by Gasteiger charge is -2.33. The highest BCUT2D eigenvalue weighted by molar-refractivity contribution is 5.93. The molecule has 8 nitrogen and oxygen atoms in total. The lowest BCUT2D eigenvalue weighted by atomic mass is 10.2. The van der Waals surface area contributed by atoms with Gasteiger partial charge in [0, 0.05) is 44.6 Å². The van der Waals surface area contributed by atoms with E-state index in [4.69, 9.17) is 4.52 Å². The summed E-state index contributed by atoms with van der Waals surface area (Å²) in [6.45, 7) is 8.26. The fraction of sp³-hybridized carbons (Fsp3) is 0.467. The number of nitrogens with zero attached hydrogens (tertiary/aromatic N) is 5. The van der Waals surface area contributed by atoms with Crippen LogP contribution in [-0.4, -0.2) is 63.6 Å². The Morgan fingerprint density at radius 2 is 1.96 bits per heavy atom. The maximum Gasteiger partial charge on any atom is 0.257 e. The van der Waals surface area contributed by atoms with E-state index in [9.17, 15) is 4.79 Å². The molecule has 8 heteroatoms. The van der Waals surface area contributed by atoms with Gasteiger partial charge in [0.25, 0.3) is 5.91 Å². The molecule has 1 fully saturated rings. The van der Waals surface area contributed by atoms with Crippen molar-refractivity contribution in [3.63, 3.8) is 0 Å². The first kappa shape index (κ1) is 15.4. The second-order valence-corrected chi connectivity index (χ2v) is 5.47. The van der Waals surface area contributed by atoms with Crippen LogP contribution in [0, 0.1) is 6.92 Å². The largest absolute Gasteiger partial charge is 0.360 e. The van der Waals surface area contributed by atoms with Crippen LogP contribution in [0.5, 0.6) is 0 Å². The van der Waals surface area contributed by atoms with E-state index in [2.05, 4.69) is 32.3 Å². The van der Waals surface area contributed by atoms with E-state index in [-0.39, 0.29) is 5.91 Å². The molecule has 3 rings (SSSR count). The molecule has 0 aliphatic carbocycles. The van der Waals surface area contributed by atoms with Crippen molar-refractivity contribution in [1.82, 2.24) is 24.9 Å². The first-order chi connectivity index (χ1) is 11.2. The minimum Gasteiger partial charge on any atom is -0.360 e. The summed E-state index contributed by atoms with van der Waals surface area (Å²) in [7, 11) is 0. The number of anilines is 2.